The summed E-state index contributed by atoms with van der Waals surface area (Å²) in [6.07, 6.45) is 3.13. The fraction of sp³-hybridized carbons (Fsp3) is 0.458. The summed E-state index contributed by atoms with van der Waals surface area (Å²) < 4.78 is 0. The maximum atomic E-state index is 12.7. The molecule has 2 aliphatic heterocycles. The number of rotatable bonds is 6. The Labute approximate surface area is 193 Å². The van der Waals surface area contributed by atoms with Crippen LogP contribution in [0.2, 0.25) is 0 Å². The highest BCUT2D eigenvalue weighted by molar-refractivity contribution is 5.94. The summed E-state index contributed by atoms with van der Waals surface area (Å²) in [5.74, 6) is 0.680. The largest absolute Gasteiger partial charge is 0.508 e. The van der Waals surface area contributed by atoms with Crippen molar-refractivity contribution in [1.82, 2.24) is 20.5 Å². The first-order valence-electron chi connectivity index (χ1n) is 11.4. The third kappa shape index (κ3) is 5.80. The number of aliphatic hydroxyl groups excluding tert-OH is 1. The lowest BCUT2D eigenvalue weighted by atomic mass is 9.92. The molecule has 2 atom stereocenters. The fourth-order valence-corrected chi connectivity index (χ4v) is 4.44. The Hall–Kier alpha value is -3.17. The number of carbonyl (C=O) groups is 2. The number of carbonyl (C=O) groups excluding carboxylic acids is 2. The minimum Gasteiger partial charge on any atom is -0.508 e. The molecule has 0 spiro atoms. The molecule has 3 heterocycles. The first kappa shape index (κ1) is 23.0. The molecular weight excluding hydrogens is 422 g/mol. The van der Waals surface area contributed by atoms with Crippen LogP contribution in [0, 0.1) is 0 Å². The van der Waals surface area contributed by atoms with Gasteiger partial charge in [0.2, 0.25) is 5.91 Å². The van der Waals surface area contributed by atoms with E-state index in [9.17, 15) is 19.8 Å². The van der Waals surface area contributed by atoms with Crippen LogP contribution < -0.4 is 16.0 Å². The van der Waals surface area contributed by atoms with Gasteiger partial charge in [-0.15, -0.1) is 0 Å². The first-order valence-corrected chi connectivity index (χ1v) is 11.4. The second-order valence-corrected chi connectivity index (χ2v) is 8.78. The maximum absolute atomic E-state index is 12.7. The zero-order valence-electron chi connectivity index (χ0n) is 18.8. The predicted octanol–water partition coefficient (Wildman–Crippen LogP) is 1.02. The first-order chi connectivity index (χ1) is 15.9. The van der Waals surface area contributed by atoms with Crippen molar-refractivity contribution in [3.05, 3.63) is 53.2 Å². The van der Waals surface area contributed by atoms with Crippen molar-refractivity contribution in [3.8, 4) is 5.75 Å². The number of aromatic nitrogens is 1. The van der Waals surface area contributed by atoms with E-state index in [1.807, 2.05) is 11.0 Å². The van der Waals surface area contributed by atoms with Crippen LogP contribution in [-0.2, 0) is 17.8 Å². The molecule has 2 aliphatic rings. The standard InChI is InChI=1S/C24H31N5O4/c1-15(30)29-8-5-19(6-9-29)28-23-12-17(4-7-25-23)24(33)27-14-22(32)21-11-16-2-3-20(31)10-18(16)13-26-21/h2-4,7,10,12,19,21-22,26,31-32H,5-6,8-9,11,13-14H2,1H3,(H,25,28)(H,27,33)/t21-,22?/m0/s1. The highest BCUT2D eigenvalue weighted by atomic mass is 16.3. The smallest absolute Gasteiger partial charge is 0.251 e. The van der Waals surface area contributed by atoms with E-state index in [1.165, 1.54) is 0 Å². The third-order valence-electron chi connectivity index (χ3n) is 6.44. The molecule has 1 aromatic carbocycles. The van der Waals surface area contributed by atoms with Gasteiger partial charge in [0.25, 0.3) is 5.91 Å². The Morgan fingerprint density at radius 2 is 2.00 bits per heavy atom. The molecule has 5 N–H and O–H groups in total. The number of piperidine rings is 1. The number of aliphatic hydroxyl groups is 1. The van der Waals surface area contributed by atoms with Crippen LogP contribution in [0.15, 0.2) is 36.5 Å². The highest BCUT2D eigenvalue weighted by Gasteiger charge is 2.25. The molecule has 0 aliphatic carbocycles. The number of phenolic OH excluding ortho intramolecular Hbond substituents is 1. The second-order valence-electron chi connectivity index (χ2n) is 8.78. The molecule has 1 unspecified atom stereocenters. The van der Waals surface area contributed by atoms with Gasteiger partial charge in [-0.3, -0.25) is 9.59 Å². The summed E-state index contributed by atoms with van der Waals surface area (Å²) in [6.45, 7) is 3.70. The Bertz CT molecular complexity index is 1010. The summed E-state index contributed by atoms with van der Waals surface area (Å²) in [5.41, 5.74) is 2.57. The Balaban J connectivity index is 1.27. The number of pyridine rings is 1. The lowest BCUT2D eigenvalue weighted by molar-refractivity contribution is -0.129. The van der Waals surface area contributed by atoms with Crippen molar-refractivity contribution in [3.63, 3.8) is 0 Å². The number of aromatic hydroxyl groups is 1. The van der Waals surface area contributed by atoms with Crippen molar-refractivity contribution in [2.45, 2.75) is 50.9 Å². The summed E-state index contributed by atoms with van der Waals surface area (Å²) in [5, 5.41) is 29.7. The number of likely N-dealkylation sites (tertiary alicyclic amines) is 1. The normalized spacial score (nSPS) is 19.5. The van der Waals surface area contributed by atoms with Crippen molar-refractivity contribution in [2.75, 3.05) is 25.0 Å². The van der Waals surface area contributed by atoms with E-state index in [0.717, 1.165) is 24.0 Å². The summed E-state index contributed by atoms with van der Waals surface area (Å²) in [7, 11) is 0. The highest BCUT2D eigenvalue weighted by Crippen LogP contribution is 2.22. The molecular formula is C24H31N5O4. The van der Waals surface area contributed by atoms with E-state index in [0.29, 0.717) is 37.4 Å². The van der Waals surface area contributed by atoms with Crippen LogP contribution in [0.4, 0.5) is 5.82 Å². The van der Waals surface area contributed by atoms with Gasteiger partial charge in [0.1, 0.15) is 11.6 Å². The number of hydrogen-bond donors (Lipinski definition) is 5. The van der Waals surface area contributed by atoms with Crippen LogP contribution in [0.25, 0.3) is 0 Å². The fourth-order valence-electron chi connectivity index (χ4n) is 4.44. The molecule has 0 saturated carbocycles. The van der Waals surface area contributed by atoms with E-state index in [4.69, 9.17) is 0 Å². The maximum Gasteiger partial charge on any atom is 0.251 e. The SMILES string of the molecule is CC(=O)N1CCC(Nc2cc(C(=O)NCC(O)[C@@H]3Cc4ccc(O)cc4CN3)ccn2)CC1. The summed E-state index contributed by atoms with van der Waals surface area (Å²) in [6, 6.07) is 8.63. The van der Waals surface area contributed by atoms with Crippen LogP contribution >= 0.6 is 0 Å². The number of fused-ring (bicyclic) bond motifs is 1. The van der Waals surface area contributed by atoms with Crippen molar-refractivity contribution in [1.29, 1.82) is 0 Å². The number of nitrogens with zero attached hydrogens (tertiary/aromatic N) is 2. The number of amides is 2. The average Bonchev–Trinajstić information content (AvgIpc) is 2.82. The number of benzene rings is 1. The average molecular weight is 454 g/mol. The van der Waals surface area contributed by atoms with Gasteiger partial charge in [0.05, 0.1) is 6.10 Å². The Kier molecular flexibility index (Phi) is 7.10. The van der Waals surface area contributed by atoms with E-state index < -0.39 is 6.10 Å². The van der Waals surface area contributed by atoms with Gasteiger partial charge in [-0.05, 0) is 54.7 Å². The van der Waals surface area contributed by atoms with E-state index in [1.54, 1.807) is 37.4 Å². The molecule has 33 heavy (non-hydrogen) atoms. The zero-order valence-corrected chi connectivity index (χ0v) is 18.8. The number of nitrogens with one attached hydrogen (secondary N) is 3. The zero-order chi connectivity index (χ0) is 23.4. The molecule has 2 aromatic rings. The van der Waals surface area contributed by atoms with Crippen molar-refractivity contribution in [2.24, 2.45) is 0 Å². The predicted molar refractivity (Wildman–Crippen MR) is 124 cm³/mol. The van der Waals surface area contributed by atoms with Gasteiger partial charge in [-0.2, -0.15) is 0 Å². The van der Waals surface area contributed by atoms with Gasteiger partial charge in [-0.25, -0.2) is 4.98 Å². The second kappa shape index (κ2) is 10.2. The quantitative estimate of drug-likeness (QED) is 0.442. The molecule has 4 rings (SSSR count). The molecule has 9 nitrogen and oxygen atoms in total. The Morgan fingerprint density at radius 3 is 2.76 bits per heavy atom. The lowest BCUT2D eigenvalue weighted by Gasteiger charge is -2.32. The van der Waals surface area contributed by atoms with Gasteiger partial charge in [-0.1, -0.05) is 6.07 Å². The van der Waals surface area contributed by atoms with Crippen molar-refractivity contribution >= 4 is 17.6 Å². The summed E-state index contributed by atoms with van der Waals surface area (Å²) >= 11 is 0. The van der Waals surface area contributed by atoms with Crippen LogP contribution in [0.1, 0.15) is 41.3 Å². The lowest BCUT2D eigenvalue weighted by Crippen LogP contribution is -2.49. The molecule has 2 amide bonds. The van der Waals surface area contributed by atoms with E-state index >= 15 is 0 Å². The molecule has 0 bridgehead atoms. The van der Waals surface area contributed by atoms with Crippen LogP contribution in [0.5, 0.6) is 5.75 Å². The number of anilines is 1. The summed E-state index contributed by atoms with van der Waals surface area (Å²) in [4.78, 5) is 30.3. The minimum atomic E-state index is -0.748. The number of hydrogen-bond acceptors (Lipinski definition) is 7. The van der Waals surface area contributed by atoms with E-state index in [-0.39, 0.29) is 36.2 Å². The monoisotopic (exact) mass is 453 g/mol. The van der Waals surface area contributed by atoms with Gasteiger partial charge < -0.3 is 31.1 Å². The molecule has 1 fully saturated rings. The third-order valence-corrected chi connectivity index (χ3v) is 6.44. The molecule has 0 radical (unpaired) electrons. The molecule has 1 saturated heterocycles. The van der Waals surface area contributed by atoms with Gasteiger partial charge in [0, 0.05) is 56.9 Å². The van der Waals surface area contributed by atoms with E-state index in [2.05, 4.69) is 20.9 Å². The Morgan fingerprint density at radius 1 is 1.21 bits per heavy atom. The minimum absolute atomic E-state index is 0.0966. The van der Waals surface area contributed by atoms with Crippen molar-refractivity contribution < 1.29 is 19.8 Å². The molecule has 9 heteroatoms. The van der Waals surface area contributed by atoms with Gasteiger partial charge >= 0.3 is 0 Å². The van der Waals surface area contributed by atoms with Gasteiger partial charge in [0.15, 0.2) is 0 Å². The van der Waals surface area contributed by atoms with Crippen LogP contribution in [0.3, 0.4) is 0 Å². The number of phenols is 1. The molecule has 176 valence electrons. The molecule has 1 aromatic heterocycles. The van der Waals surface area contributed by atoms with Crippen LogP contribution in [-0.4, -0.2) is 69.7 Å². The topological polar surface area (TPSA) is 127 Å².